The molecular formula is C76H134O6. The van der Waals surface area contributed by atoms with E-state index in [-0.39, 0.29) is 31.1 Å². The van der Waals surface area contributed by atoms with Gasteiger partial charge in [-0.15, -0.1) is 0 Å². The summed E-state index contributed by atoms with van der Waals surface area (Å²) in [6.45, 7) is 6.53. The van der Waals surface area contributed by atoms with E-state index in [0.29, 0.717) is 19.3 Å². The van der Waals surface area contributed by atoms with Gasteiger partial charge in [-0.2, -0.15) is 0 Å². The monoisotopic (exact) mass is 1140 g/mol. The van der Waals surface area contributed by atoms with Gasteiger partial charge in [-0.3, -0.25) is 14.4 Å². The maximum atomic E-state index is 12.9. The molecular weight excluding hydrogens is 1010 g/mol. The lowest BCUT2D eigenvalue weighted by molar-refractivity contribution is -0.167. The van der Waals surface area contributed by atoms with Gasteiger partial charge in [-0.05, 0) is 116 Å². The van der Waals surface area contributed by atoms with Crippen molar-refractivity contribution >= 4 is 17.9 Å². The number of hydrogen-bond donors (Lipinski definition) is 0. The number of ether oxygens (including phenoxy) is 3. The van der Waals surface area contributed by atoms with Gasteiger partial charge < -0.3 is 14.2 Å². The van der Waals surface area contributed by atoms with Crippen LogP contribution in [0.5, 0.6) is 0 Å². The summed E-state index contributed by atoms with van der Waals surface area (Å²) in [5.41, 5.74) is 0. The van der Waals surface area contributed by atoms with Gasteiger partial charge in [-0.1, -0.05) is 311 Å². The molecule has 0 N–H and O–H groups in total. The van der Waals surface area contributed by atoms with E-state index in [9.17, 15) is 14.4 Å². The molecule has 0 saturated carbocycles. The molecule has 1 unspecified atom stereocenters. The van der Waals surface area contributed by atoms with Crippen molar-refractivity contribution in [1.29, 1.82) is 0 Å². The zero-order valence-corrected chi connectivity index (χ0v) is 54.5. The van der Waals surface area contributed by atoms with Gasteiger partial charge in [0.2, 0.25) is 0 Å². The van der Waals surface area contributed by atoms with Crippen LogP contribution in [0.4, 0.5) is 0 Å². The van der Waals surface area contributed by atoms with Crippen LogP contribution in [-0.4, -0.2) is 37.2 Å². The molecule has 0 aliphatic heterocycles. The SMILES string of the molecule is CC/C=C\C/C=C\C/C=C\C/C=C\CCCCCCCCC(=O)OC(COC(=O)CCCCCCC/C=C\C/C=C\CCCCCC)COC(=O)CCCCCCCCCCCCCCCCCCC/C=C\CCCCCCCCCC. The van der Waals surface area contributed by atoms with Crippen LogP contribution in [0.25, 0.3) is 0 Å². The Morgan fingerprint density at radius 3 is 0.768 bits per heavy atom. The van der Waals surface area contributed by atoms with Gasteiger partial charge in [0.1, 0.15) is 13.2 Å². The van der Waals surface area contributed by atoms with E-state index in [2.05, 4.69) is 106 Å². The van der Waals surface area contributed by atoms with E-state index >= 15 is 0 Å². The molecule has 0 heterocycles. The topological polar surface area (TPSA) is 78.9 Å². The Labute approximate surface area is 509 Å². The fourth-order valence-electron chi connectivity index (χ4n) is 10.3. The molecule has 82 heavy (non-hydrogen) atoms. The quantitative estimate of drug-likeness (QED) is 0.0261. The molecule has 6 nitrogen and oxygen atoms in total. The summed E-state index contributed by atoms with van der Waals surface area (Å²) in [5.74, 6) is -0.896. The summed E-state index contributed by atoms with van der Waals surface area (Å²) in [7, 11) is 0. The van der Waals surface area contributed by atoms with E-state index in [4.69, 9.17) is 14.2 Å². The average molecular weight is 1140 g/mol. The molecule has 0 bridgehead atoms. The molecule has 1 atom stereocenters. The normalized spacial score (nSPS) is 12.6. The molecule has 0 aromatic heterocycles. The molecule has 0 spiro atoms. The Kier molecular flexibility index (Phi) is 67.2. The Hall–Kier alpha value is -3.41. The first kappa shape index (κ1) is 78.6. The second-order valence-electron chi connectivity index (χ2n) is 23.8. The Bertz CT molecular complexity index is 1550. The third-order valence-electron chi connectivity index (χ3n) is 15.6. The Morgan fingerprint density at radius 1 is 0.256 bits per heavy atom. The van der Waals surface area contributed by atoms with E-state index in [1.54, 1.807) is 0 Å². The van der Waals surface area contributed by atoms with Crippen LogP contribution in [0.1, 0.15) is 361 Å². The van der Waals surface area contributed by atoms with E-state index in [0.717, 1.165) is 116 Å². The third kappa shape index (κ3) is 67.4. The van der Waals surface area contributed by atoms with Gasteiger partial charge in [0.25, 0.3) is 0 Å². The largest absolute Gasteiger partial charge is 0.462 e. The minimum absolute atomic E-state index is 0.0847. The van der Waals surface area contributed by atoms with Gasteiger partial charge in [0.05, 0.1) is 0 Å². The van der Waals surface area contributed by atoms with E-state index < -0.39 is 6.10 Å². The summed E-state index contributed by atoms with van der Waals surface area (Å²) in [6.07, 6.45) is 93.3. The number of unbranched alkanes of at least 4 members (excludes halogenated alkanes) is 40. The summed E-state index contributed by atoms with van der Waals surface area (Å²) in [5, 5.41) is 0. The molecule has 0 aromatic carbocycles. The van der Waals surface area contributed by atoms with Crippen molar-refractivity contribution in [3.8, 4) is 0 Å². The number of allylic oxidation sites excluding steroid dienone is 14. The predicted octanol–water partition coefficient (Wildman–Crippen LogP) is 24.6. The first-order valence-electron chi connectivity index (χ1n) is 35.6. The maximum Gasteiger partial charge on any atom is 0.306 e. The molecule has 6 heteroatoms. The van der Waals surface area contributed by atoms with Crippen LogP contribution in [0.2, 0.25) is 0 Å². The smallest absolute Gasteiger partial charge is 0.306 e. The highest BCUT2D eigenvalue weighted by Crippen LogP contribution is 2.17. The Balaban J connectivity index is 4.28. The second kappa shape index (κ2) is 70.1. The maximum absolute atomic E-state index is 12.9. The van der Waals surface area contributed by atoms with Crippen LogP contribution in [0, 0.1) is 0 Å². The fourth-order valence-corrected chi connectivity index (χ4v) is 10.3. The first-order valence-corrected chi connectivity index (χ1v) is 35.6. The molecule has 0 saturated heterocycles. The molecule has 0 fully saturated rings. The highest BCUT2D eigenvalue weighted by atomic mass is 16.6. The molecule has 0 aliphatic rings. The van der Waals surface area contributed by atoms with E-state index in [1.807, 2.05) is 0 Å². The predicted molar refractivity (Wildman–Crippen MR) is 358 cm³/mol. The van der Waals surface area contributed by atoms with Crippen LogP contribution in [0.3, 0.4) is 0 Å². The third-order valence-corrected chi connectivity index (χ3v) is 15.6. The molecule has 0 rings (SSSR count). The molecule has 0 aliphatic carbocycles. The van der Waals surface area contributed by atoms with Gasteiger partial charge >= 0.3 is 17.9 Å². The highest BCUT2D eigenvalue weighted by molar-refractivity contribution is 5.71. The number of carbonyl (C=O) groups is 3. The van der Waals surface area contributed by atoms with Crippen molar-refractivity contribution in [3.05, 3.63) is 85.1 Å². The van der Waals surface area contributed by atoms with Gasteiger partial charge in [0, 0.05) is 19.3 Å². The lowest BCUT2D eigenvalue weighted by Gasteiger charge is -2.18. The lowest BCUT2D eigenvalue weighted by Crippen LogP contribution is -2.30. The summed E-state index contributed by atoms with van der Waals surface area (Å²) < 4.78 is 17.0. The second-order valence-corrected chi connectivity index (χ2v) is 23.8. The van der Waals surface area contributed by atoms with Crippen LogP contribution < -0.4 is 0 Å². The van der Waals surface area contributed by atoms with Gasteiger partial charge in [0.15, 0.2) is 6.10 Å². The summed E-state index contributed by atoms with van der Waals surface area (Å²) in [4.78, 5) is 38.4. The van der Waals surface area contributed by atoms with Crippen molar-refractivity contribution in [2.45, 2.75) is 367 Å². The lowest BCUT2D eigenvalue weighted by atomic mass is 10.0. The zero-order chi connectivity index (χ0) is 59.2. The average Bonchev–Trinajstić information content (AvgIpc) is 3.47. The fraction of sp³-hybridized carbons (Fsp3) is 0.776. The van der Waals surface area contributed by atoms with Crippen molar-refractivity contribution < 1.29 is 28.6 Å². The highest BCUT2D eigenvalue weighted by Gasteiger charge is 2.19. The molecule has 0 amide bonds. The summed E-state index contributed by atoms with van der Waals surface area (Å²) in [6, 6.07) is 0. The Morgan fingerprint density at radius 2 is 0.476 bits per heavy atom. The van der Waals surface area contributed by atoms with Crippen molar-refractivity contribution in [3.63, 3.8) is 0 Å². The van der Waals surface area contributed by atoms with Crippen LogP contribution in [0.15, 0.2) is 85.1 Å². The van der Waals surface area contributed by atoms with Crippen LogP contribution >= 0.6 is 0 Å². The number of carbonyl (C=O) groups excluding carboxylic acids is 3. The van der Waals surface area contributed by atoms with Crippen molar-refractivity contribution in [2.24, 2.45) is 0 Å². The van der Waals surface area contributed by atoms with Crippen LogP contribution in [-0.2, 0) is 28.6 Å². The van der Waals surface area contributed by atoms with Gasteiger partial charge in [-0.25, -0.2) is 0 Å². The molecule has 0 aromatic rings. The number of hydrogen-bond acceptors (Lipinski definition) is 6. The standard InChI is InChI=1S/C76H134O6/c1-4-7-10-13-16-19-22-25-28-31-33-34-35-36-37-38-39-40-41-42-44-45-48-51-54-57-60-63-66-69-75(78)81-72-73(71-80-74(77)68-65-62-59-56-53-50-47-30-27-24-21-18-15-12-9-6-3)82-76(79)70-67-64-61-58-55-52-49-46-43-32-29-26-23-20-17-14-11-8-5-2/h8,11,17,20-21,24,26,29-31,33,43,46-47,73H,4-7,9-10,12-16,18-19,22-23,25,27-28,32,34-42,44-45,48-72H2,1-3H3/b11-8-,20-17-,24-21-,29-26-,33-31-,46-43-,47-30-. The molecule has 0 radical (unpaired) electrons. The van der Waals surface area contributed by atoms with E-state index in [1.165, 1.54) is 205 Å². The number of rotatable bonds is 65. The first-order chi connectivity index (χ1) is 40.5. The minimum Gasteiger partial charge on any atom is -0.462 e. The summed E-state index contributed by atoms with van der Waals surface area (Å²) >= 11 is 0. The zero-order valence-electron chi connectivity index (χ0n) is 54.5. The minimum atomic E-state index is -0.792. The molecule has 474 valence electrons. The van der Waals surface area contributed by atoms with Crippen molar-refractivity contribution in [1.82, 2.24) is 0 Å². The van der Waals surface area contributed by atoms with Crippen molar-refractivity contribution in [2.75, 3.05) is 13.2 Å². The number of esters is 3.